The predicted octanol–water partition coefficient (Wildman–Crippen LogP) is 2.65. The van der Waals surface area contributed by atoms with Gasteiger partial charge in [0.1, 0.15) is 4.90 Å². The maximum absolute atomic E-state index is 12.2. The van der Waals surface area contributed by atoms with Crippen molar-refractivity contribution >= 4 is 33.0 Å². The van der Waals surface area contributed by atoms with Crippen molar-refractivity contribution in [2.75, 3.05) is 5.32 Å². The molecule has 0 unspecified atom stereocenters. The molecule has 0 aliphatic heterocycles. The van der Waals surface area contributed by atoms with E-state index in [0.29, 0.717) is 0 Å². The Morgan fingerprint density at radius 3 is 2.56 bits per heavy atom. The molecule has 1 amide bonds. The number of benzene rings is 1. The molecule has 0 aliphatic rings. The van der Waals surface area contributed by atoms with Crippen LogP contribution in [0.2, 0.25) is 5.02 Å². The number of hydrogen-bond acceptors (Lipinski definition) is 3. The van der Waals surface area contributed by atoms with Gasteiger partial charge in [0.25, 0.3) is 0 Å². The third-order valence-electron chi connectivity index (χ3n) is 2.32. The van der Waals surface area contributed by atoms with Crippen molar-refractivity contribution < 1.29 is 13.2 Å². The molecule has 4 nitrogen and oxygen atoms in total. The fraction of sp³-hybridized carbons (Fsp3) is 0.250. The lowest BCUT2D eigenvalue weighted by atomic mass is 10.3. The molecular weight excluding hydrogens is 274 g/mol. The summed E-state index contributed by atoms with van der Waals surface area (Å²) in [6, 6.07) is 4.53. The number of amides is 1. The molecule has 0 heterocycles. The molecule has 0 radical (unpaired) electrons. The zero-order valence-corrected chi connectivity index (χ0v) is 11.7. The second kappa shape index (κ2) is 5.54. The standard InChI is InChI=1S/C12H14ClNO3S/c1-4-11(15)14-10-7-5-6-9(13)12(10)18(16,17)8(2)3/h4-8H,1H2,2-3H3,(H,14,15). The number of carbonyl (C=O) groups is 1. The summed E-state index contributed by atoms with van der Waals surface area (Å²) in [5.74, 6) is -0.488. The van der Waals surface area contributed by atoms with Crippen LogP contribution in [0.3, 0.4) is 0 Å². The lowest BCUT2D eigenvalue weighted by Crippen LogP contribution is -2.18. The lowest BCUT2D eigenvalue weighted by Gasteiger charge is -2.14. The fourth-order valence-electron chi connectivity index (χ4n) is 1.32. The Kier molecular flexibility index (Phi) is 4.53. The smallest absolute Gasteiger partial charge is 0.247 e. The molecule has 0 bridgehead atoms. The molecule has 0 atom stereocenters. The molecule has 0 saturated heterocycles. The Labute approximate surface area is 112 Å². The summed E-state index contributed by atoms with van der Waals surface area (Å²) in [5, 5.41) is 1.90. The van der Waals surface area contributed by atoms with Crippen LogP contribution in [0.1, 0.15) is 13.8 Å². The molecule has 1 rings (SSSR count). The molecule has 1 N–H and O–H groups in total. The first-order valence-corrected chi connectivity index (χ1v) is 7.19. The topological polar surface area (TPSA) is 63.2 Å². The SMILES string of the molecule is C=CC(=O)Nc1cccc(Cl)c1S(=O)(=O)C(C)C. The van der Waals surface area contributed by atoms with Crippen LogP contribution in [0, 0.1) is 0 Å². The quantitative estimate of drug-likeness (QED) is 0.866. The Morgan fingerprint density at radius 2 is 2.06 bits per heavy atom. The van der Waals surface area contributed by atoms with Gasteiger partial charge in [-0.25, -0.2) is 8.42 Å². The van der Waals surface area contributed by atoms with Crippen LogP contribution in [0.5, 0.6) is 0 Å². The van der Waals surface area contributed by atoms with Gasteiger partial charge in [-0.05, 0) is 32.1 Å². The minimum Gasteiger partial charge on any atom is -0.321 e. The van der Waals surface area contributed by atoms with Gasteiger partial charge in [-0.15, -0.1) is 0 Å². The highest BCUT2D eigenvalue weighted by molar-refractivity contribution is 7.92. The second-order valence-electron chi connectivity index (χ2n) is 3.90. The van der Waals surface area contributed by atoms with Crippen LogP contribution in [-0.2, 0) is 14.6 Å². The molecule has 0 saturated carbocycles. The maximum Gasteiger partial charge on any atom is 0.247 e. The Morgan fingerprint density at radius 1 is 1.44 bits per heavy atom. The van der Waals surface area contributed by atoms with Crippen LogP contribution >= 0.6 is 11.6 Å². The van der Waals surface area contributed by atoms with Crippen LogP contribution in [0.4, 0.5) is 5.69 Å². The van der Waals surface area contributed by atoms with Crippen molar-refractivity contribution in [1.29, 1.82) is 0 Å². The second-order valence-corrected chi connectivity index (χ2v) is 6.75. The maximum atomic E-state index is 12.2. The van der Waals surface area contributed by atoms with Crippen molar-refractivity contribution in [3.8, 4) is 0 Å². The molecule has 1 aromatic carbocycles. The molecule has 0 aromatic heterocycles. The van der Waals surface area contributed by atoms with Gasteiger partial charge in [-0.3, -0.25) is 4.79 Å². The highest BCUT2D eigenvalue weighted by atomic mass is 35.5. The minimum absolute atomic E-state index is 0.0585. The third kappa shape index (κ3) is 2.91. The van der Waals surface area contributed by atoms with Gasteiger partial charge in [-0.1, -0.05) is 24.2 Å². The van der Waals surface area contributed by atoms with Crippen molar-refractivity contribution in [2.24, 2.45) is 0 Å². The van der Waals surface area contributed by atoms with E-state index in [-0.39, 0.29) is 15.6 Å². The first-order valence-electron chi connectivity index (χ1n) is 5.26. The minimum atomic E-state index is -3.57. The largest absolute Gasteiger partial charge is 0.321 e. The van der Waals surface area contributed by atoms with Gasteiger partial charge < -0.3 is 5.32 Å². The zero-order valence-electron chi connectivity index (χ0n) is 10.1. The number of anilines is 1. The highest BCUT2D eigenvalue weighted by Crippen LogP contribution is 2.32. The summed E-state index contributed by atoms with van der Waals surface area (Å²) in [4.78, 5) is 11.2. The summed E-state index contributed by atoms with van der Waals surface area (Å²) < 4.78 is 24.4. The molecule has 0 spiro atoms. The van der Waals surface area contributed by atoms with Crippen LogP contribution in [-0.4, -0.2) is 19.6 Å². The number of sulfone groups is 1. The Balaban J connectivity index is 3.43. The third-order valence-corrected chi connectivity index (χ3v) is 4.99. The number of carbonyl (C=O) groups excluding carboxylic acids is 1. The van der Waals surface area contributed by atoms with Gasteiger partial charge in [0.2, 0.25) is 5.91 Å². The Hall–Kier alpha value is -1.33. The number of halogens is 1. The van der Waals surface area contributed by atoms with Gasteiger partial charge >= 0.3 is 0 Å². The van der Waals surface area contributed by atoms with E-state index in [0.717, 1.165) is 6.08 Å². The summed E-state index contributed by atoms with van der Waals surface area (Å²) in [7, 11) is -3.57. The summed E-state index contributed by atoms with van der Waals surface area (Å²) in [5.41, 5.74) is 0.168. The predicted molar refractivity (Wildman–Crippen MR) is 72.6 cm³/mol. The molecule has 0 aliphatic carbocycles. The number of nitrogens with one attached hydrogen (secondary N) is 1. The number of rotatable bonds is 4. The molecule has 0 fully saturated rings. The molecular formula is C12H14ClNO3S. The van der Waals surface area contributed by atoms with E-state index >= 15 is 0 Å². The van der Waals surface area contributed by atoms with Gasteiger partial charge in [-0.2, -0.15) is 0 Å². The first kappa shape index (κ1) is 14.7. The van der Waals surface area contributed by atoms with Crippen molar-refractivity contribution in [1.82, 2.24) is 0 Å². The molecule has 6 heteroatoms. The van der Waals surface area contributed by atoms with Crippen molar-refractivity contribution in [3.63, 3.8) is 0 Å². The average Bonchev–Trinajstić information content (AvgIpc) is 2.28. The highest BCUT2D eigenvalue weighted by Gasteiger charge is 2.26. The van der Waals surface area contributed by atoms with Crippen LogP contribution < -0.4 is 5.32 Å². The van der Waals surface area contributed by atoms with Crippen molar-refractivity contribution in [3.05, 3.63) is 35.9 Å². The summed E-state index contributed by atoms with van der Waals surface area (Å²) in [6.45, 7) is 6.42. The summed E-state index contributed by atoms with van der Waals surface area (Å²) in [6.07, 6.45) is 1.06. The van der Waals surface area contributed by atoms with E-state index in [1.807, 2.05) is 0 Å². The van der Waals surface area contributed by atoms with E-state index in [1.54, 1.807) is 19.9 Å². The normalized spacial score (nSPS) is 11.3. The van der Waals surface area contributed by atoms with Crippen molar-refractivity contribution in [2.45, 2.75) is 24.0 Å². The Bertz CT molecular complexity index is 579. The molecule has 18 heavy (non-hydrogen) atoms. The van der Waals surface area contributed by atoms with Crippen LogP contribution in [0.15, 0.2) is 35.7 Å². The summed E-state index contributed by atoms with van der Waals surface area (Å²) >= 11 is 5.93. The fourth-order valence-corrected chi connectivity index (χ4v) is 3.05. The van der Waals surface area contributed by atoms with Gasteiger partial charge in [0.05, 0.1) is 16.0 Å². The van der Waals surface area contributed by atoms with E-state index in [2.05, 4.69) is 11.9 Å². The first-order chi connectivity index (χ1) is 8.30. The van der Waals surface area contributed by atoms with Crippen LogP contribution in [0.25, 0.3) is 0 Å². The van der Waals surface area contributed by atoms with E-state index in [9.17, 15) is 13.2 Å². The van der Waals surface area contributed by atoms with E-state index in [1.165, 1.54) is 12.1 Å². The van der Waals surface area contributed by atoms with Gasteiger partial charge in [0, 0.05) is 0 Å². The van der Waals surface area contributed by atoms with Gasteiger partial charge in [0.15, 0.2) is 9.84 Å². The lowest BCUT2D eigenvalue weighted by molar-refractivity contribution is -0.111. The average molecular weight is 288 g/mol. The zero-order chi connectivity index (χ0) is 13.9. The monoisotopic (exact) mass is 287 g/mol. The molecule has 1 aromatic rings. The molecule has 98 valence electrons. The van der Waals surface area contributed by atoms with E-state index < -0.39 is 21.0 Å². The van der Waals surface area contributed by atoms with E-state index in [4.69, 9.17) is 11.6 Å². The number of hydrogen-bond donors (Lipinski definition) is 1.